The average Bonchev–Trinajstić information content (AvgIpc) is 2.60. The zero-order chi connectivity index (χ0) is 18.0. The van der Waals surface area contributed by atoms with E-state index in [-0.39, 0.29) is 24.9 Å². The summed E-state index contributed by atoms with van der Waals surface area (Å²) in [5, 5.41) is 11.7. The highest BCUT2D eigenvalue weighted by Gasteiger charge is 2.27. The lowest BCUT2D eigenvalue weighted by atomic mass is 10.1. The molecule has 1 aliphatic rings. The summed E-state index contributed by atoms with van der Waals surface area (Å²) in [7, 11) is 1.46. The van der Waals surface area contributed by atoms with Crippen molar-refractivity contribution in [2.75, 3.05) is 23.8 Å². The maximum absolute atomic E-state index is 12.9. The second-order valence-electron chi connectivity index (χ2n) is 5.80. The van der Waals surface area contributed by atoms with E-state index in [9.17, 15) is 14.4 Å². The van der Waals surface area contributed by atoms with Crippen LogP contribution in [-0.2, 0) is 11.3 Å². The second kappa shape index (κ2) is 6.64. The number of amides is 3. The van der Waals surface area contributed by atoms with E-state index < -0.39 is 6.09 Å². The third-order valence-electron chi connectivity index (χ3n) is 3.94. The third-order valence-corrected chi connectivity index (χ3v) is 3.94. The monoisotopic (exact) mass is 339 g/mol. The van der Waals surface area contributed by atoms with Crippen molar-refractivity contribution in [2.24, 2.45) is 0 Å². The van der Waals surface area contributed by atoms with Crippen LogP contribution in [0.15, 0.2) is 48.5 Å². The molecule has 0 unspecified atom stereocenters. The molecule has 0 bridgehead atoms. The summed E-state index contributed by atoms with van der Waals surface area (Å²) in [6, 6.07) is 13.9. The molecule has 2 aromatic carbocycles. The number of fused-ring (bicyclic) bond motifs is 1. The standard InChI is InChI=1S/C18H17N3O4/c1-20(18(24)25)10-12-5-4-6-13(9-12)17(23)21-11-16(22)19-14-7-2-3-8-15(14)21/h2-9H,10-11H2,1H3,(H,19,22)(H,24,25). The van der Waals surface area contributed by atoms with Crippen LogP contribution in [0.1, 0.15) is 15.9 Å². The molecule has 0 saturated heterocycles. The minimum atomic E-state index is -1.04. The third kappa shape index (κ3) is 3.45. The Balaban J connectivity index is 1.89. The Labute approximate surface area is 144 Å². The number of nitrogens with zero attached hydrogens (tertiary/aromatic N) is 2. The van der Waals surface area contributed by atoms with E-state index in [1.165, 1.54) is 11.9 Å². The average molecular weight is 339 g/mol. The molecule has 3 amide bonds. The van der Waals surface area contributed by atoms with Crippen molar-refractivity contribution in [3.63, 3.8) is 0 Å². The van der Waals surface area contributed by atoms with Gasteiger partial charge in [0.05, 0.1) is 11.4 Å². The van der Waals surface area contributed by atoms with Crippen LogP contribution in [0.4, 0.5) is 16.2 Å². The molecule has 0 aliphatic carbocycles. The normalized spacial score (nSPS) is 13.0. The van der Waals surface area contributed by atoms with Crippen molar-refractivity contribution in [1.82, 2.24) is 4.90 Å². The second-order valence-corrected chi connectivity index (χ2v) is 5.80. The topological polar surface area (TPSA) is 90.0 Å². The zero-order valence-corrected chi connectivity index (χ0v) is 13.6. The van der Waals surface area contributed by atoms with Crippen LogP contribution >= 0.6 is 0 Å². The molecule has 2 N–H and O–H groups in total. The van der Waals surface area contributed by atoms with E-state index in [2.05, 4.69) is 5.32 Å². The van der Waals surface area contributed by atoms with E-state index in [0.29, 0.717) is 22.5 Å². The summed E-state index contributed by atoms with van der Waals surface area (Å²) in [5.41, 5.74) is 2.33. The van der Waals surface area contributed by atoms with E-state index in [1.54, 1.807) is 48.5 Å². The summed E-state index contributed by atoms with van der Waals surface area (Å²) < 4.78 is 0. The molecule has 3 rings (SSSR count). The lowest BCUT2D eigenvalue weighted by Crippen LogP contribution is -2.42. The molecular weight excluding hydrogens is 322 g/mol. The quantitative estimate of drug-likeness (QED) is 0.898. The maximum Gasteiger partial charge on any atom is 0.407 e. The Morgan fingerprint density at radius 1 is 1.20 bits per heavy atom. The van der Waals surface area contributed by atoms with E-state index in [1.807, 2.05) is 0 Å². The minimum absolute atomic E-state index is 0.0604. The molecule has 0 spiro atoms. The number of nitrogens with one attached hydrogen (secondary N) is 1. The number of anilines is 2. The number of hydrogen-bond acceptors (Lipinski definition) is 3. The number of hydrogen-bond donors (Lipinski definition) is 2. The molecule has 2 aromatic rings. The largest absolute Gasteiger partial charge is 0.465 e. The molecular formula is C18H17N3O4. The van der Waals surface area contributed by atoms with Gasteiger partial charge in [0, 0.05) is 19.2 Å². The maximum atomic E-state index is 12.9. The fourth-order valence-corrected chi connectivity index (χ4v) is 2.71. The van der Waals surface area contributed by atoms with Crippen molar-refractivity contribution in [1.29, 1.82) is 0 Å². The highest BCUT2D eigenvalue weighted by molar-refractivity contribution is 6.15. The van der Waals surface area contributed by atoms with E-state index >= 15 is 0 Å². The van der Waals surface area contributed by atoms with Crippen LogP contribution < -0.4 is 10.2 Å². The SMILES string of the molecule is CN(Cc1cccc(C(=O)N2CC(=O)Nc3ccccc32)c1)C(=O)O. The summed E-state index contributed by atoms with van der Waals surface area (Å²) in [5.74, 6) is -0.559. The molecule has 0 radical (unpaired) electrons. The van der Waals surface area contributed by atoms with Gasteiger partial charge in [-0.25, -0.2) is 4.79 Å². The van der Waals surface area contributed by atoms with Crippen LogP contribution in [0.2, 0.25) is 0 Å². The predicted octanol–water partition coefficient (Wildman–Crippen LogP) is 2.40. The van der Waals surface area contributed by atoms with Gasteiger partial charge < -0.3 is 15.3 Å². The Kier molecular flexibility index (Phi) is 4.38. The molecule has 7 heteroatoms. The predicted molar refractivity (Wildman–Crippen MR) is 92.7 cm³/mol. The lowest BCUT2D eigenvalue weighted by molar-refractivity contribution is -0.115. The summed E-state index contributed by atoms with van der Waals surface area (Å²) in [6.45, 7) is 0.114. The lowest BCUT2D eigenvalue weighted by Gasteiger charge is -2.29. The Hall–Kier alpha value is -3.35. The summed E-state index contributed by atoms with van der Waals surface area (Å²) >= 11 is 0. The van der Waals surface area contributed by atoms with Crippen LogP contribution in [0.25, 0.3) is 0 Å². The van der Waals surface area contributed by atoms with Crippen LogP contribution in [0.5, 0.6) is 0 Å². The molecule has 0 fully saturated rings. The zero-order valence-electron chi connectivity index (χ0n) is 13.6. The molecule has 7 nitrogen and oxygen atoms in total. The Bertz CT molecular complexity index is 850. The number of para-hydroxylation sites is 2. The first-order chi connectivity index (χ1) is 12.0. The Morgan fingerprint density at radius 2 is 1.96 bits per heavy atom. The van der Waals surface area contributed by atoms with Gasteiger partial charge in [0.1, 0.15) is 6.54 Å². The highest BCUT2D eigenvalue weighted by Crippen LogP contribution is 2.30. The first-order valence-electron chi connectivity index (χ1n) is 7.69. The van der Waals surface area contributed by atoms with Crippen molar-refractivity contribution in [2.45, 2.75) is 6.54 Å². The van der Waals surface area contributed by atoms with Crippen molar-refractivity contribution >= 4 is 29.3 Å². The fraction of sp³-hybridized carbons (Fsp3) is 0.167. The van der Waals surface area contributed by atoms with Gasteiger partial charge in [-0.2, -0.15) is 0 Å². The first kappa shape index (κ1) is 16.5. The van der Waals surface area contributed by atoms with Gasteiger partial charge in [0.15, 0.2) is 0 Å². The van der Waals surface area contributed by atoms with Gasteiger partial charge >= 0.3 is 6.09 Å². The molecule has 0 atom stereocenters. The van der Waals surface area contributed by atoms with Crippen molar-refractivity contribution < 1.29 is 19.5 Å². The van der Waals surface area contributed by atoms with E-state index in [4.69, 9.17) is 5.11 Å². The molecule has 1 heterocycles. The van der Waals surface area contributed by atoms with Crippen LogP contribution in [-0.4, -0.2) is 41.5 Å². The van der Waals surface area contributed by atoms with Crippen molar-refractivity contribution in [3.8, 4) is 0 Å². The molecule has 0 aromatic heterocycles. The van der Waals surface area contributed by atoms with Gasteiger partial charge in [-0.3, -0.25) is 14.5 Å². The molecule has 25 heavy (non-hydrogen) atoms. The Morgan fingerprint density at radius 3 is 2.72 bits per heavy atom. The number of rotatable bonds is 3. The van der Waals surface area contributed by atoms with Gasteiger partial charge in [-0.15, -0.1) is 0 Å². The van der Waals surface area contributed by atoms with Crippen LogP contribution in [0, 0.1) is 0 Å². The van der Waals surface area contributed by atoms with Crippen molar-refractivity contribution in [3.05, 3.63) is 59.7 Å². The first-order valence-corrected chi connectivity index (χ1v) is 7.69. The molecule has 0 saturated carbocycles. The molecule has 128 valence electrons. The number of carboxylic acid groups (broad SMARTS) is 1. The minimum Gasteiger partial charge on any atom is -0.465 e. The van der Waals surface area contributed by atoms with Gasteiger partial charge in [-0.1, -0.05) is 24.3 Å². The molecule has 1 aliphatic heterocycles. The van der Waals surface area contributed by atoms with Gasteiger partial charge in [0.25, 0.3) is 5.91 Å². The fourth-order valence-electron chi connectivity index (χ4n) is 2.71. The summed E-state index contributed by atoms with van der Waals surface area (Å²) in [6.07, 6.45) is -1.04. The summed E-state index contributed by atoms with van der Waals surface area (Å²) in [4.78, 5) is 38.3. The van der Waals surface area contributed by atoms with Gasteiger partial charge in [0.2, 0.25) is 5.91 Å². The number of carbonyl (C=O) groups is 3. The van der Waals surface area contributed by atoms with Crippen LogP contribution in [0.3, 0.4) is 0 Å². The van der Waals surface area contributed by atoms with E-state index in [0.717, 1.165) is 4.90 Å². The number of carbonyl (C=O) groups excluding carboxylic acids is 2. The highest BCUT2D eigenvalue weighted by atomic mass is 16.4. The number of benzene rings is 2. The van der Waals surface area contributed by atoms with Gasteiger partial charge in [-0.05, 0) is 29.8 Å². The smallest absolute Gasteiger partial charge is 0.407 e.